The lowest BCUT2D eigenvalue weighted by molar-refractivity contribution is 0.00770. The number of rotatable bonds is 5. The van der Waals surface area contributed by atoms with E-state index in [1.807, 2.05) is 30.3 Å². The van der Waals surface area contributed by atoms with Gasteiger partial charge in [0, 0.05) is 14.7 Å². The second-order valence-corrected chi connectivity index (χ2v) is 5.64. The van der Waals surface area contributed by atoms with E-state index in [2.05, 4.69) is 39.8 Å². The zero-order valence-electron chi connectivity index (χ0n) is 9.52. The highest BCUT2D eigenvalue weighted by atomic mass is 79.9. The van der Waals surface area contributed by atoms with Crippen LogP contribution in [0.2, 0.25) is 0 Å². The van der Waals surface area contributed by atoms with E-state index >= 15 is 0 Å². The molecule has 90 valence electrons. The van der Waals surface area contributed by atoms with Crippen molar-refractivity contribution in [1.29, 1.82) is 0 Å². The van der Waals surface area contributed by atoms with Gasteiger partial charge in [-0.25, -0.2) is 0 Å². The monoisotopic (exact) mass is 311 g/mol. The molecular formula is C13H14BrNOS. The van der Waals surface area contributed by atoms with E-state index in [4.69, 9.17) is 4.84 Å². The van der Waals surface area contributed by atoms with E-state index in [1.165, 1.54) is 10.4 Å². The van der Waals surface area contributed by atoms with Crippen LogP contribution in [-0.4, -0.2) is 0 Å². The Hall–Kier alpha value is -0.680. The van der Waals surface area contributed by atoms with Crippen LogP contribution in [0.5, 0.6) is 0 Å². The first-order valence-electron chi connectivity index (χ1n) is 5.41. The summed E-state index contributed by atoms with van der Waals surface area (Å²) in [6.07, 6.45) is 0. The predicted octanol–water partition coefficient (Wildman–Crippen LogP) is 4.29. The summed E-state index contributed by atoms with van der Waals surface area (Å²) in [4.78, 5) is 6.74. The summed E-state index contributed by atoms with van der Waals surface area (Å²) in [6, 6.07) is 12.4. The fraction of sp³-hybridized carbons (Fsp3) is 0.231. The maximum atomic E-state index is 5.49. The predicted molar refractivity (Wildman–Crippen MR) is 74.8 cm³/mol. The Kier molecular flexibility index (Phi) is 4.74. The fourth-order valence-corrected chi connectivity index (χ4v) is 2.88. The molecule has 0 radical (unpaired) electrons. The van der Waals surface area contributed by atoms with Crippen LogP contribution in [0.4, 0.5) is 0 Å². The van der Waals surface area contributed by atoms with Crippen molar-refractivity contribution in [1.82, 2.24) is 5.48 Å². The fourth-order valence-electron chi connectivity index (χ4n) is 1.44. The van der Waals surface area contributed by atoms with Crippen molar-refractivity contribution in [2.45, 2.75) is 19.6 Å². The molecule has 0 aliphatic carbocycles. The molecule has 1 heterocycles. The van der Waals surface area contributed by atoms with Crippen molar-refractivity contribution in [2.24, 2.45) is 0 Å². The first-order chi connectivity index (χ1) is 8.25. The number of nitrogens with one attached hydrogen (secondary N) is 1. The van der Waals surface area contributed by atoms with Gasteiger partial charge in [0.2, 0.25) is 0 Å². The van der Waals surface area contributed by atoms with Crippen molar-refractivity contribution in [3.8, 4) is 0 Å². The number of benzene rings is 1. The molecule has 0 saturated heterocycles. The number of hydroxylamine groups is 1. The van der Waals surface area contributed by atoms with E-state index in [9.17, 15) is 0 Å². The van der Waals surface area contributed by atoms with E-state index in [1.54, 1.807) is 11.3 Å². The van der Waals surface area contributed by atoms with Gasteiger partial charge in [0.05, 0.1) is 12.6 Å². The first-order valence-corrected chi connectivity index (χ1v) is 7.08. The normalized spacial score (nSPS) is 12.6. The smallest absolute Gasteiger partial charge is 0.0933 e. The van der Waals surface area contributed by atoms with E-state index < -0.39 is 0 Å². The van der Waals surface area contributed by atoms with Crippen LogP contribution in [0.25, 0.3) is 0 Å². The Morgan fingerprint density at radius 3 is 2.76 bits per heavy atom. The first kappa shape index (κ1) is 12.8. The van der Waals surface area contributed by atoms with Crippen molar-refractivity contribution >= 4 is 27.3 Å². The molecule has 1 N–H and O–H groups in total. The average Bonchev–Trinajstić information content (AvgIpc) is 2.77. The van der Waals surface area contributed by atoms with Gasteiger partial charge >= 0.3 is 0 Å². The summed E-state index contributed by atoms with van der Waals surface area (Å²) >= 11 is 5.16. The molecule has 1 aromatic carbocycles. The minimum atomic E-state index is 0.204. The molecule has 0 amide bonds. The van der Waals surface area contributed by atoms with Crippen molar-refractivity contribution in [2.75, 3.05) is 0 Å². The standard InChI is InChI=1S/C13H14BrNOS/c1-10(13-7-12(14)9-17-13)15-16-8-11-5-3-2-4-6-11/h2-7,9-10,15H,8H2,1H3. The average molecular weight is 312 g/mol. The summed E-state index contributed by atoms with van der Waals surface area (Å²) in [5.41, 5.74) is 4.22. The molecule has 2 aromatic rings. The molecule has 2 nitrogen and oxygen atoms in total. The second-order valence-electron chi connectivity index (χ2n) is 3.78. The minimum absolute atomic E-state index is 0.204. The summed E-state index contributed by atoms with van der Waals surface area (Å²) < 4.78 is 1.12. The molecule has 1 atom stereocenters. The van der Waals surface area contributed by atoms with Crippen LogP contribution >= 0.6 is 27.3 Å². The minimum Gasteiger partial charge on any atom is -0.296 e. The van der Waals surface area contributed by atoms with E-state index in [-0.39, 0.29) is 6.04 Å². The molecule has 17 heavy (non-hydrogen) atoms. The van der Waals surface area contributed by atoms with Crippen LogP contribution in [0, 0.1) is 0 Å². The summed E-state index contributed by atoms with van der Waals surface area (Å²) in [6.45, 7) is 2.67. The van der Waals surface area contributed by atoms with Gasteiger partial charge in [-0.15, -0.1) is 11.3 Å². The molecule has 2 rings (SSSR count). The highest BCUT2D eigenvalue weighted by Crippen LogP contribution is 2.25. The molecule has 1 unspecified atom stereocenters. The highest BCUT2D eigenvalue weighted by molar-refractivity contribution is 9.10. The molecule has 0 fully saturated rings. The van der Waals surface area contributed by atoms with Gasteiger partial charge in [0.15, 0.2) is 0 Å². The molecule has 0 bridgehead atoms. The van der Waals surface area contributed by atoms with Crippen molar-refractivity contribution in [3.63, 3.8) is 0 Å². The molecular weight excluding hydrogens is 298 g/mol. The number of halogens is 1. The van der Waals surface area contributed by atoms with E-state index in [0.717, 1.165) is 4.47 Å². The topological polar surface area (TPSA) is 21.3 Å². The highest BCUT2D eigenvalue weighted by Gasteiger charge is 2.07. The van der Waals surface area contributed by atoms with Crippen LogP contribution in [0.3, 0.4) is 0 Å². The Morgan fingerprint density at radius 1 is 1.35 bits per heavy atom. The maximum Gasteiger partial charge on any atom is 0.0933 e. The molecule has 0 spiro atoms. The largest absolute Gasteiger partial charge is 0.296 e. The van der Waals surface area contributed by atoms with Crippen molar-refractivity contribution in [3.05, 3.63) is 56.7 Å². The molecule has 0 saturated carbocycles. The molecule has 0 aliphatic rings. The number of thiophene rings is 1. The zero-order valence-corrected chi connectivity index (χ0v) is 11.9. The third-order valence-corrected chi connectivity index (χ3v) is 4.23. The lowest BCUT2D eigenvalue weighted by atomic mass is 10.2. The SMILES string of the molecule is CC(NOCc1ccccc1)c1cc(Br)cs1. The van der Waals surface area contributed by atoms with Gasteiger partial charge in [-0.05, 0) is 34.5 Å². The number of hydrogen-bond donors (Lipinski definition) is 1. The van der Waals surface area contributed by atoms with Gasteiger partial charge in [-0.3, -0.25) is 4.84 Å². The summed E-state index contributed by atoms with van der Waals surface area (Å²) in [5.74, 6) is 0. The van der Waals surface area contributed by atoms with Crippen LogP contribution in [-0.2, 0) is 11.4 Å². The van der Waals surface area contributed by atoms with Crippen LogP contribution in [0.15, 0.2) is 46.3 Å². The van der Waals surface area contributed by atoms with E-state index in [0.29, 0.717) is 6.61 Å². The molecule has 1 aromatic heterocycles. The third kappa shape index (κ3) is 3.92. The van der Waals surface area contributed by atoms with Crippen LogP contribution in [0.1, 0.15) is 23.4 Å². The van der Waals surface area contributed by atoms with Gasteiger partial charge in [-0.2, -0.15) is 5.48 Å². The third-order valence-electron chi connectivity index (χ3n) is 2.36. The Labute approximate surface area is 114 Å². The molecule has 4 heteroatoms. The summed E-state index contributed by atoms with van der Waals surface area (Å²) in [7, 11) is 0. The Bertz CT molecular complexity index is 457. The Balaban J connectivity index is 1.79. The van der Waals surface area contributed by atoms with Crippen LogP contribution < -0.4 is 5.48 Å². The lowest BCUT2D eigenvalue weighted by Crippen LogP contribution is -2.18. The van der Waals surface area contributed by atoms with Gasteiger partial charge < -0.3 is 0 Å². The zero-order chi connectivity index (χ0) is 12.1. The number of hydrogen-bond acceptors (Lipinski definition) is 3. The molecule has 0 aliphatic heterocycles. The lowest BCUT2D eigenvalue weighted by Gasteiger charge is -2.11. The van der Waals surface area contributed by atoms with Gasteiger partial charge in [-0.1, -0.05) is 30.3 Å². The van der Waals surface area contributed by atoms with Crippen molar-refractivity contribution < 1.29 is 4.84 Å². The Morgan fingerprint density at radius 2 is 2.12 bits per heavy atom. The van der Waals surface area contributed by atoms with Gasteiger partial charge in [0.1, 0.15) is 0 Å². The maximum absolute atomic E-state index is 5.49. The second kappa shape index (κ2) is 6.31. The van der Waals surface area contributed by atoms with Gasteiger partial charge in [0.25, 0.3) is 0 Å². The quantitative estimate of drug-likeness (QED) is 0.832. The summed E-state index contributed by atoms with van der Waals surface area (Å²) in [5, 5.41) is 2.07.